The molecule has 0 aromatic heterocycles. The maximum atomic E-state index is 11.9. The number of hydrogen-bond acceptors (Lipinski definition) is 3. The highest BCUT2D eigenvalue weighted by atomic mass is 16.5. The molecule has 1 aliphatic heterocycles. The number of nitrogens with one attached hydrogen (secondary N) is 1. The van der Waals surface area contributed by atoms with Crippen LogP contribution < -0.4 is 10.1 Å². The summed E-state index contributed by atoms with van der Waals surface area (Å²) in [7, 11) is 1.70. The molecule has 22 heavy (non-hydrogen) atoms. The van der Waals surface area contributed by atoms with Crippen LogP contribution in [0.25, 0.3) is 0 Å². The van der Waals surface area contributed by atoms with Crippen molar-refractivity contribution in [3.8, 4) is 5.75 Å². The molecule has 0 aliphatic carbocycles. The highest BCUT2D eigenvalue weighted by Crippen LogP contribution is 2.31. The number of likely N-dealkylation sites (tertiary alicyclic amines) is 1. The first-order valence-electron chi connectivity index (χ1n) is 7.91. The molecule has 1 N–H and O–H groups in total. The van der Waals surface area contributed by atoms with Gasteiger partial charge in [-0.1, -0.05) is 23.8 Å². The molecule has 4 heteroatoms. The number of hydrogen-bond donors (Lipinski definition) is 1. The van der Waals surface area contributed by atoms with Crippen molar-refractivity contribution in [3.05, 3.63) is 41.5 Å². The minimum atomic E-state index is -0.0286. The van der Waals surface area contributed by atoms with Crippen molar-refractivity contribution in [1.29, 1.82) is 0 Å². The standard InChI is InChI=1S/C18H26N2O2/c1-14(2)12-18(21)19-13-16(20-10-6-7-11-20)15-8-4-5-9-17(15)22-3/h4-5,8-9,12,16H,6-7,10-11,13H2,1-3H3,(H,19,21). The smallest absolute Gasteiger partial charge is 0.243 e. The molecule has 4 nitrogen and oxygen atoms in total. The molecule has 1 fully saturated rings. The summed E-state index contributed by atoms with van der Waals surface area (Å²) in [6.07, 6.45) is 4.07. The summed E-state index contributed by atoms with van der Waals surface area (Å²) in [5.41, 5.74) is 2.15. The van der Waals surface area contributed by atoms with Crippen molar-refractivity contribution in [1.82, 2.24) is 10.2 Å². The molecular weight excluding hydrogens is 276 g/mol. The van der Waals surface area contributed by atoms with Gasteiger partial charge in [0.15, 0.2) is 0 Å². The van der Waals surface area contributed by atoms with Crippen molar-refractivity contribution < 1.29 is 9.53 Å². The van der Waals surface area contributed by atoms with Gasteiger partial charge in [-0.3, -0.25) is 9.69 Å². The van der Waals surface area contributed by atoms with E-state index in [-0.39, 0.29) is 11.9 Å². The van der Waals surface area contributed by atoms with Crippen LogP contribution in [-0.4, -0.2) is 37.6 Å². The summed E-state index contributed by atoms with van der Waals surface area (Å²) in [6, 6.07) is 8.24. The van der Waals surface area contributed by atoms with Crippen molar-refractivity contribution in [2.75, 3.05) is 26.7 Å². The van der Waals surface area contributed by atoms with E-state index in [1.54, 1.807) is 13.2 Å². The van der Waals surface area contributed by atoms with E-state index < -0.39 is 0 Å². The highest BCUT2D eigenvalue weighted by Gasteiger charge is 2.25. The number of allylic oxidation sites excluding steroid dienone is 1. The van der Waals surface area contributed by atoms with E-state index >= 15 is 0 Å². The van der Waals surface area contributed by atoms with E-state index in [0.717, 1.165) is 30.0 Å². The molecule has 1 heterocycles. The Balaban J connectivity index is 2.16. The van der Waals surface area contributed by atoms with Crippen LogP contribution in [0.15, 0.2) is 35.9 Å². The minimum absolute atomic E-state index is 0.0286. The fourth-order valence-electron chi connectivity index (χ4n) is 2.94. The zero-order valence-electron chi connectivity index (χ0n) is 13.8. The topological polar surface area (TPSA) is 41.6 Å². The second kappa shape index (κ2) is 7.99. The fourth-order valence-corrected chi connectivity index (χ4v) is 2.94. The SMILES string of the molecule is COc1ccccc1C(CNC(=O)C=C(C)C)N1CCCC1. The Morgan fingerprint density at radius 3 is 2.64 bits per heavy atom. The lowest BCUT2D eigenvalue weighted by molar-refractivity contribution is -0.116. The molecule has 1 unspecified atom stereocenters. The molecule has 1 aliphatic rings. The van der Waals surface area contributed by atoms with Gasteiger partial charge in [0, 0.05) is 18.2 Å². The number of carbonyl (C=O) groups is 1. The normalized spacial score (nSPS) is 16.1. The number of ether oxygens (including phenoxy) is 1. The first-order chi connectivity index (χ1) is 10.6. The molecule has 1 amide bonds. The third-order valence-corrected chi connectivity index (χ3v) is 3.97. The molecule has 1 saturated heterocycles. The van der Waals surface area contributed by atoms with Gasteiger partial charge in [-0.15, -0.1) is 0 Å². The third kappa shape index (κ3) is 4.34. The summed E-state index contributed by atoms with van der Waals surface area (Å²) in [4.78, 5) is 14.4. The second-order valence-electron chi connectivity index (χ2n) is 5.97. The average molecular weight is 302 g/mol. The average Bonchev–Trinajstić information content (AvgIpc) is 3.01. The second-order valence-corrected chi connectivity index (χ2v) is 5.97. The predicted molar refractivity (Wildman–Crippen MR) is 89.0 cm³/mol. The van der Waals surface area contributed by atoms with Crippen LogP contribution in [0.2, 0.25) is 0 Å². The van der Waals surface area contributed by atoms with Gasteiger partial charge < -0.3 is 10.1 Å². The lowest BCUT2D eigenvalue weighted by Gasteiger charge is -2.29. The predicted octanol–water partition coefficient (Wildman–Crippen LogP) is 2.91. The van der Waals surface area contributed by atoms with Gasteiger partial charge in [0.25, 0.3) is 0 Å². The maximum Gasteiger partial charge on any atom is 0.243 e. The Labute approximate surface area is 133 Å². The maximum absolute atomic E-state index is 11.9. The number of methoxy groups -OCH3 is 1. The van der Waals surface area contributed by atoms with Crippen LogP contribution in [-0.2, 0) is 4.79 Å². The number of rotatable bonds is 6. The minimum Gasteiger partial charge on any atom is -0.496 e. The van der Waals surface area contributed by atoms with Gasteiger partial charge in [0.2, 0.25) is 5.91 Å². The molecule has 1 aromatic rings. The summed E-state index contributed by atoms with van der Waals surface area (Å²) in [5, 5.41) is 3.03. The Hall–Kier alpha value is -1.81. The molecule has 1 atom stereocenters. The zero-order chi connectivity index (χ0) is 15.9. The van der Waals surface area contributed by atoms with E-state index in [1.165, 1.54) is 12.8 Å². The monoisotopic (exact) mass is 302 g/mol. The highest BCUT2D eigenvalue weighted by molar-refractivity contribution is 5.88. The van der Waals surface area contributed by atoms with Crippen molar-refractivity contribution in [2.45, 2.75) is 32.7 Å². The Morgan fingerprint density at radius 2 is 2.00 bits per heavy atom. The van der Waals surface area contributed by atoms with Crippen LogP contribution in [0, 0.1) is 0 Å². The molecule has 0 bridgehead atoms. The number of carbonyl (C=O) groups excluding carboxylic acids is 1. The van der Waals surface area contributed by atoms with E-state index in [0.29, 0.717) is 6.54 Å². The van der Waals surface area contributed by atoms with Gasteiger partial charge in [0.1, 0.15) is 5.75 Å². The van der Waals surface area contributed by atoms with Gasteiger partial charge in [-0.25, -0.2) is 0 Å². The molecule has 120 valence electrons. The number of benzene rings is 1. The van der Waals surface area contributed by atoms with Crippen LogP contribution in [0.1, 0.15) is 38.3 Å². The van der Waals surface area contributed by atoms with Gasteiger partial charge >= 0.3 is 0 Å². The van der Waals surface area contributed by atoms with Gasteiger partial charge in [-0.2, -0.15) is 0 Å². The van der Waals surface area contributed by atoms with Crippen LogP contribution in [0.3, 0.4) is 0 Å². The summed E-state index contributed by atoms with van der Waals surface area (Å²) in [6.45, 7) is 6.60. The Kier molecular flexibility index (Phi) is 6.01. The van der Waals surface area contributed by atoms with Crippen molar-refractivity contribution in [3.63, 3.8) is 0 Å². The van der Waals surface area contributed by atoms with Crippen molar-refractivity contribution in [2.24, 2.45) is 0 Å². The largest absolute Gasteiger partial charge is 0.496 e. The lowest BCUT2D eigenvalue weighted by atomic mass is 10.0. The molecule has 2 rings (SSSR count). The quantitative estimate of drug-likeness (QED) is 0.822. The Morgan fingerprint density at radius 1 is 1.32 bits per heavy atom. The summed E-state index contributed by atoms with van der Waals surface area (Å²) in [5.74, 6) is 0.856. The summed E-state index contributed by atoms with van der Waals surface area (Å²) < 4.78 is 5.51. The number of nitrogens with zero attached hydrogens (tertiary/aromatic N) is 1. The third-order valence-electron chi connectivity index (χ3n) is 3.97. The van der Waals surface area contributed by atoms with Crippen LogP contribution in [0.4, 0.5) is 0 Å². The van der Waals surface area contributed by atoms with E-state index in [1.807, 2.05) is 32.0 Å². The first-order valence-corrected chi connectivity index (χ1v) is 7.91. The van der Waals surface area contributed by atoms with Gasteiger partial charge in [0.05, 0.1) is 13.2 Å². The molecular formula is C18H26N2O2. The van der Waals surface area contributed by atoms with Gasteiger partial charge in [-0.05, 0) is 45.8 Å². The summed E-state index contributed by atoms with van der Waals surface area (Å²) >= 11 is 0. The van der Waals surface area contributed by atoms with E-state index in [9.17, 15) is 4.79 Å². The fraction of sp³-hybridized carbons (Fsp3) is 0.500. The molecule has 0 radical (unpaired) electrons. The molecule has 0 spiro atoms. The molecule has 1 aromatic carbocycles. The van der Waals surface area contributed by atoms with Crippen LogP contribution in [0.5, 0.6) is 5.75 Å². The van der Waals surface area contributed by atoms with E-state index in [4.69, 9.17) is 4.74 Å². The lowest BCUT2D eigenvalue weighted by Crippen LogP contribution is -2.36. The van der Waals surface area contributed by atoms with Crippen molar-refractivity contribution >= 4 is 5.91 Å². The number of para-hydroxylation sites is 1. The molecule has 0 saturated carbocycles. The zero-order valence-corrected chi connectivity index (χ0v) is 13.8. The van der Waals surface area contributed by atoms with Crippen LogP contribution >= 0.6 is 0 Å². The number of amides is 1. The Bertz CT molecular complexity index is 530. The first kappa shape index (κ1) is 16.6. The van der Waals surface area contributed by atoms with E-state index in [2.05, 4.69) is 16.3 Å².